The minimum Gasteiger partial charge on any atom is -0.336 e. The van der Waals surface area contributed by atoms with E-state index in [9.17, 15) is 4.79 Å². The lowest BCUT2D eigenvalue weighted by Gasteiger charge is -2.15. The van der Waals surface area contributed by atoms with Crippen LogP contribution in [0.5, 0.6) is 0 Å². The zero-order valence-electron chi connectivity index (χ0n) is 14.4. The molecule has 0 bridgehead atoms. The topological polar surface area (TPSA) is 66.8 Å². The van der Waals surface area contributed by atoms with Crippen LogP contribution in [0.2, 0.25) is 0 Å². The van der Waals surface area contributed by atoms with Crippen molar-refractivity contribution in [3.8, 4) is 11.3 Å². The fourth-order valence-electron chi connectivity index (χ4n) is 2.54. The highest BCUT2D eigenvalue weighted by Gasteiger charge is 2.17. The molecule has 24 heavy (non-hydrogen) atoms. The van der Waals surface area contributed by atoms with Gasteiger partial charge in [0.1, 0.15) is 5.69 Å². The second kappa shape index (κ2) is 6.31. The summed E-state index contributed by atoms with van der Waals surface area (Å²) in [4.78, 5) is 14.3. The Labute approximate surface area is 141 Å². The summed E-state index contributed by atoms with van der Waals surface area (Å²) in [6.07, 6.45) is 1.80. The van der Waals surface area contributed by atoms with E-state index < -0.39 is 0 Å². The molecule has 0 radical (unpaired) electrons. The second-order valence-corrected chi connectivity index (χ2v) is 6.07. The Kier molecular flexibility index (Phi) is 4.20. The fourth-order valence-corrected chi connectivity index (χ4v) is 2.54. The van der Waals surface area contributed by atoms with Gasteiger partial charge in [-0.2, -0.15) is 10.2 Å². The third kappa shape index (κ3) is 3.08. The molecular weight excluding hydrogens is 302 g/mol. The predicted octanol–water partition coefficient (Wildman–Crippen LogP) is 2.70. The average Bonchev–Trinajstić information content (AvgIpc) is 3.17. The molecule has 1 aromatic carbocycles. The molecule has 0 spiro atoms. The number of H-pyrrole nitrogens is 1. The zero-order chi connectivity index (χ0) is 17.3. The summed E-state index contributed by atoms with van der Waals surface area (Å²) in [6, 6.07) is 9.86. The van der Waals surface area contributed by atoms with Gasteiger partial charge in [-0.1, -0.05) is 29.8 Å². The molecule has 1 N–H and O–H groups in total. The number of amides is 1. The van der Waals surface area contributed by atoms with Crippen molar-refractivity contribution in [2.45, 2.75) is 20.4 Å². The van der Waals surface area contributed by atoms with Gasteiger partial charge in [0.25, 0.3) is 5.91 Å². The standard InChI is InChI=1S/C18H21N5O/c1-12-5-7-14(8-6-12)16-9-17(21-20-16)18(24)22(3)11-15-10-19-23(4)13(15)2/h5-10H,11H2,1-4H3,(H,20,21). The number of nitrogens with one attached hydrogen (secondary N) is 1. The van der Waals surface area contributed by atoms with E-state index >= 15 is 0 Å². The summed E-state index contributed by atoms with van der Waals surface area (Å²) in [7, 11) is 3.67. The fraction of sp³-hybridized carbons (Fsp3) is 0.278. The summed E-state index contributed by atoms with van der Waals surface area (Å²) in [5.41, 5.74) is 5.52. The molecule has 3 aromatic rings. The van der Waals surface area contributed by atoms with Crippen LogP contribution < -0.4 is 0 Å². The van der Waals surface area contributed by atoms with Crippen molar-refractivity contribution in [1.82, 2.24) is 24.9 Å². The molecule has 124 valence electrons. The molecule has 0 aliphatic carbocycles. The lowest BCUT2D eigenvalue weighted by Crippen LogP contribution is -2.26. The van der Waals surface area contributed by atoms with Crippen LogP contribution in [-0.4, -0.2) is 37.8 Å². The maximum atomic E-state index is 12.6. The molecule has 2 heterocycles. The van der Waals surface area contributed by atoms with Crippen LogP contribution in [0.25, 0.3) is 11.3 Å². The highest BCUT2D eigenvalue weighted by molar-refractivity contribution is 5.93. The van der Waals surface area contributed by atoms with Crippen LogP contribution in [-0.2, 0) is 13.6 Å². The molecule has 1 amide bonds. The van der Waals surface area contributed by atoms with E-state index in [0.29, 0.717) is 12.2 Å². The molecule has 0 atom stereocenters. The van der Waals surface area contributed by atoms with E-state index in [4.69, 9.17) is 0 Å². The third-order valence-corrected chi connectivity index (χ3v) is 4.25. The molecule has 6 nitrogen and oxygen atoms in total. The first-order valence-corrected chi connectivity index (χ1v) is 7.81. The molecule has 0 saturated carbocycles. The highest BCUT2D eigenvalue weighted by Crippen LogP contribution is 2.19. The Bertz CT molecular complexity index is 860. The quantitative estimate of drug-likeness (QED) is 0.803. The number of nitrogens with zero attached hydrogens (tertiary/aromatic N) is 4. The molecule has 0 aliphatic rings. The van der Waals surface area contributed by atoms with Crippen molar-refractivity contribution in [2.24, 2.45) is 7.05 Å². The van der Waals surface area contributed by atoms with E-state index in [-0.39, 0.29) is 5.91 Å². The van der Waals surface area contributed by atoms with Crippen LogP contribution in [0.15, 0.2) is 36.5 Å². The van der Waals surface area contributed by atoms with Crippen LogP contribution >= 0.6 is 0 Å². The van der Waals surface area contributed by atoms with E-state index in [0.717, 1.165) is 22.5 Å². The van der Waals surface area contributed by atoms with Gasteiger partial charge >= 0.3 is 0 Å². The lowest BCUT2D eigenvalue weighted by molar-refractivity contribution is 0.0779. The summed E-state index contributed by atoms with van der Waals surface area (Å²) < 4.78 is 1.80. The van der Waals surface area contributed by atoms with Crippen molar-refractivity contribution in [3.63, 3.8) is 0 Å². The molecule has 0 fully saturated rings. The number of aromatic amines is 1. The number of benzene rings is 1. The van der Waals surface area contributed by atoms with Gasteiger partial charge in [-0.25, -0.2) is 0 Å². The molecule has 6 heteroatoms. The normalized spacial score (nSPS) is 10.8. The number of hydrogen-bond acceptors (Lipinski definition) is 3. The monoisotopic (exact) mass is 323 g/mol. The third-order valence-electron chi connectivity index (χ3n) is 4.25. The van der Waals surface area contributed by atoms with Crippen molar-refractivity contribution in [2.75, 3.05) is 7.05 Å². The summed E-state index contributed by atoms with van der Waals surface area (Å²) >= 11 is 0. The maximum absolute atomic E-state index is 12.6. The average molecular weight is 323 g/mol. The first-order chi connectivity index (χ1) is 11.5. The number of rotatable bonds is 4. The summed E-state index contributed by atoms with van der Waals surface area (Å²) in [5.74, 6) is -0.0934. The van der Waals surface area contributed by atoms with Gasteiger partial charge in [0, 0.05) is 37.5 Å². The highest BCUT2D eigenvalue weighted by atomic mass is 16.2. The van der Waals surface area contributed by atoms with E-state index in [1.807, 2.05) is 45.2 Å². The van der Waals surface area contributed by atoms with Gasteiger partial charge in [-0.3, -0.25) is 14.6 Å². The Morgan fingerprint density at radius 3 is 2.58 bits per heavy atom. The van der Waals surface area contributed by atoms with Gasteiger partial charge in [-0.15, -0.1) is 0 Å². The SMILES string of the molecule is Cc1ccc(-c2cc(C(=O)N(C)Cc3cnn(C)c3C)[nH]n2)cc1. The number of carbonyl (C=O) groups is 1. The minimum atomic E-state index is -0.0934. The second-order valence-electron chi connectivity index (χ2n) is 6.07. The van der Waals surface area contributed by atoms with Crippen LogP contribution in [0, 0.1) is 13.8 Å². The zero-order valence-corrected chi connectivity index (χ0v) is 14.4. The molecular formula is C18H21N5O. The van der Waals surface area contributed by atoms with Gasteiger partial charge in [0.2, 0.25) is 0 Å². The van der Waals surface area contributed by atoms with Gasteiger partial charge in [0.15, 0.2) is 0 Å². The van der Waals surface area contributed by atoms with Gasteiger partial charge < -0.3 is 4.90 Å². The number of carbonyl (C=O) groups excluding carboxylic acids is 1. The van der Waals surface area contributed by atoms with E-state index in [2.05, 4.69) is 15.3 Å². The number of hydrogen-bond donors (Lipinski definition) is 1. The summed E-state index contributed by atoms with van der Waals surface area (Å²) in [5, 5.41) is 11.3. The summed E-state index contributed by atoms with van der Waals surface area (Å²) in [6.45, 7) is 4.54. The van der Waals surface area contributed by atoms with Crippen molar-refractivity contribution >= 4 is 5.91 Å². The number of aromatic nitrogens is 4. The maximum Gasteiger partial charge on any atom is 0.271 e. The minimum absolute atomic E-state index is 0.0934. The van der Waals surface area contributed by atoms with Crippen LogP contribution in [0.1, 0.15) is 27.3 Å². The van der Waals surface area contributed by atoms with Crippen LogP contribution in [0.4, 0.5) is 0 Å². The van der Waals surface area contributed by atoms with Gasteiger partial charge in [-0.05, 0) is 19.9 Å². The molecule has 0 unspecified atom stereocenters. The smallest absolute Gasteiger partial charge is 0.271 e. The number of aryl methyl sites for hydroxylation is 2. The van der Waals surface area contributed by atoms with Gasteiger partial charge in [0.05, 0.1) is 11.9 Å². The molecule has 0 saturated heterocycles. The van der Waals surface area contributed by atoms with E-state index in [1.54, 1.807) is 28.9 Å². The molecule has 2 aromatic heterocycles. The largest absolute Gasteiger partial charge is 0.336 e. The van der Waals surface area contributed by atoms with Crippen molar-refractivity contribution < 1.29 is 4.79 Å². The Balaban J connectivity index is 1.75. The molecule has 3 rings (SSSR count). The Morgan fingerprint density at radius 2 is 1.96 bits per heavy atom. The Hall–Kier alpha value is -2.89. The van der Waals surface area contributed by atoms with E-state index in [1.165, 1.54) is 5.56 Å². The first kappa shape index (κ1) is 16.0. The van der Waals surface area contributed by atoms with Crippen molar-refractivity contribution in [3.05, 3.63) is 59.0 Å². The predicted molar refractivity (Wildman–Crippen MR) is 92.5 cm³/mol. The van der Waals surface area contributed by atoms with Crippen molar-refractivity contribution in [1.29, 1.82) is 0 Å². The first-order valence-electron chi connectivity index (χ1n) is 7.81. The molecule has 0 aliphatic heterocycles. The Morgan fingerprint density at radius 1 is 1.25 bits per heavy atom. The lowest BCUT2D eigenvalue weighted by atomic mass is 10.1. The van der Waals surface area contributed by atoms with Crippen LogP contribution in [0.3, 0.4) is 0 Å².